The molecule has 0 saturated heterocycles. The highest BCUT2D eigenvalue weighted by Gasteiger charge is 2.17. The molecular formula is C12H13ClN2O3. The largest absolute Gasteiger partial charge is 0.444 e. The number of hydrogen-bond donors (Lipinski definition) is 1. The van der Waals surface area contributed by atoms with Crippen LogP contribution in [0.4, 0.5) is 16.2 Å². The Balaban J connectivity index is 2.86. The summed E-state index contributed by atoms with van der Waals surface area (Å²) >= 11 is 5.90. The Morgan fingerprint density at radius 2 is 2.11 bits per heavy atom. The normalized spacial score (nSPS) is 10.4. The molecule has 0 spiro atoms. The summed E-state index contributed by atoms with van der Waals surface area (Å²) in [6, 6.07) is 4.51. The van der Waals surface area contributed by atoms with Gasteiger partial charge in [0.25, 0.3) is 0 Å². The zero-order valence-corrected chi connectivity index (χ0v) is 11.0. The minimum absolute atomic E-state index is 0.322. The highest BCUT2D eigenvalue weighted by atomic mass is 35.5. The summed E-state index contributed by atoms with van der Waals surface area (Å²) in [7, 11) is 0. The fraction of sp³-hybridized carbons (Fsp3) is 0.333. The van der Waals surface area contributed by atoms with Crippen molar-refractivity contribution in [3.63, 3.8) is 0 Å². The van der Waals surface area contributed by atoms with Crippen LogP contribution in [0.2, 0.25) is 5.02 Å². The smallest absolute Gasteiger partial charge is 0.412 e. The molecule has 1 N–H and O–H groups in total. The lowest BCUT2D eigenvalue weighted by Gasteiger charge is -2.20. The van der Waals surface area contributed by atoms with E-state index in [1.165, 1.54) is 24.3 Å². The van der Waals surface area contributed by atoms with Crippen LogP contribution in [0, 0.1) is 0 Å². The van der Waals surface area contributed by atoms with E-state index < -0.39 is 11.7 Å². The molecule has 0 bridgehead atoms. The van der Waals surface area contributed by atoms with Crippen molar-refractivity contribution in [2.45, 2.75) is 26.4 Å². The number of nitrogens with zero attached hydrogens (tertiary/aromatic N) is 1. The van der Waals surface area contributed by atoms with Crippen molar-refractivity contribution in [1.82, 2.24) is 0 Å². The molecule has 0 unspecified atom stereocenters. The van der Waals surface area contributed by atoms with Gasteiger partial charge in [-0.25, -0.2) is 9.59 Å². The van der Waals surface area contributed by atoms with Crippen LogP contribution in [0.1, 0.15) is 20.8 Å². The second-order valence-electron chi connectivity index (χ2n) is 4.49. The van der Waals surface area contributed by atoms with Gasteiger partial charge in [0.05, 0.1) is 16.4 Å². The average Bonchev–Trinajstić information content (AvgIpc) is 2.20. The lowest BCUT2D eigenvalue weighted by molar-refractivity contribution is 0.0636. The minimum Gasteiger partial charge on any atom is -0.444 e. The van der Waals surface area contributed by atoms with E-state index >= 15 is 0 Å². The number of isocyanates is 1. The van der Waals surface area contributed by atoms with Gasteiger partial charge in [-0.3, -0.25) is 5.32 Å². The monoisotopic (exact) mass is 268 g/mol. The highest BCUT2D eigenvalue weighted by molar-refractivity contribution is 6.33. The number of nitrogens with one attached hydrogen (secondary N) is 1. The van der Waals surface area contributed by atoms with Crippen LogP contribution < -0.4 is 5.32 Å². The van der Waals surface area contributed by atoms with Gasteiger partial charge in [0, 0.05) is 0 Å². The van der Waals surface area contributed by atoms with Gasteiger partial charge in [-0.15, -0.1) is 0 Å². The molecule has 0 fully saturated rings. The molecule has 18 heavy (non-hydrogen) atoms. The highest BCUT2D eigenvalue weighted by Crippen LogP contribution is 2.27. The Hall–Kier alpha value is -1.84. The number of amides is 1. The number of carbonyl (C=O) groups excluding carboxylic acids is 2. The van der Waals surface area contributed by atoms with E-state index in [4.69, 9.17) is 16.3 Å². The lowest BCUT2D eigenvalue weighted by Crippen LogP contribution is -2.27. The summed E-state index contributed by atoms with van der Waals surface area (Å²) in [6.07, 6.45) is 0.782. The van der Waals surface area contributed by atoms with Gasteiger partial charge in [0.15, 0.2) is 0 Å². The van der Waals surface area contributed by atoms with E-state index in [2.05, 4.69) is 10.3 Å². The van der Waals surface area contributed by atoms with Gasteiger partial charge in [-0.2, -0.15) is 4.99 Å². The maximum absolute atomic E-state index is 11.5. The van der Waals surface area contributed by atoms with Crippen LogP contribution >= 0.6 is 11.6 Å². The summed E-state index contributed by atoms with van der Waals surface area (Å²) in [5, 5.41) is 2.81. The third-order valence-electron chi connectivity index (χ3n) is 1.76. The van der Waals surface area contributed by atoms with E-state index in [1.807, 2.05) is 0 Å². The van der Waals surface area contributed by atoms with Crippen molar-refractivity contribution in [1.29, 1.82) is 0 Å². The van der Waals surface area contributed by atoms with Crippen molar-refractivity contribution < 1.29 is 14.3 Å². The molecule has 0 aliphatic rings. The Morgan fingerprint density at radius 1 is 1.44 bits per heavy atom. The van der Waals surface area contributed by atoms with Gasteiger partial charge >= 0.3 is 6.09 Å². The molecule has 1 aromatic carbocycles. The predicted molar refractivity (Wildman–Crippen MR) is 69.1 cm³/mol. The van der Waals surface area contributed by atoms with Crippen LogP contribution in [0.15, 0.2) is 23.2 Å². The molecule has 6 heteroatoms. The number of halogens is 1. The number of ether oxygens (including phenoxy) is 1. The zero-order chi connectivity index (χ0) is 13.8. The first-order valence-electron chi connectivity index (χ1n) is 5.19. The third-order valence-corrected chi connectivity index (χ3v) is 2.09. The van der Waals surface area contributed by atoms with E-state index in [1.54, 1.807) is 20.8 Å². The average molecular weight is 269 g/mol. The van der Waals surface area contributed by atoms with Crippen molar-refractivity contribution in [2.24, 2.45) is 4.99 Å². The molecule has 5 nitrogen and oxygen atoms in total. The Morgan fingerprint density at radius 3 is 2.67 bits per heavy atom. The summed E-state index contributed by atoms with van der Waals surface area (Å²) in [5.41, 5.74) is 0.0673. The Kier molecular flexibility index (Phi) is 4.48. The van der Waals surface area contributed by atoms with Crippen molar-refractivity contribution in [3.8, 4) is 0 Å². The topological polar surface area (TPSA) is 67.8 Å². The second-order valence-corrected chi connectivity index (χ2v) is 4.90. The zero-order valence-electron chi connectivity index (χ0n) is 10.3. The Bertz CT molecular complexity index is 503. The summed E-state index contributed by atoms with van der Waals surface area (Å²) in [4.78, 5) is 25.1. The van der Waals surface area contributed by atoms with E-state index in [-0.39, 0.29) is 0 Å². The Labute approximate surface area is 110 Å². The number of carbonyl (C=O) groups is 1. The van der Waals surface area contributed by atoms with E-state index in [0.29, 0.717) is 16.4 Å². The molecule has 0 saturated carbocycles. The first-order chi connectivity index (χ1) is 8.31. The predicted octanol–water partition coefficient (Wildman–Crippen LogP) is 3.65. The van der Waals surface area contributed by atoms with Crippen LogP contribution in [0.25, 0.3) is 0 Å². The fourth-order valence-corrected chi connectivity index (χ4v) is 1.31. The number of rotatable bonds is 2. The molecule has 1 aromatic rings. The lowest BCUT2D eigenvalue weighted by atomic mass is 10.2. The number of hydrogen-bond acceptors (Lipinski definition) is 4. The van der Waals surface area contributed by atoms with Gasteiger partial charge in [-0.05, 0) is 39.0 Å². The minimum atomic E-state index is -0.628. The summed E-state index contributed by atoms with van der Waals surface area (Å²) in [6.45, 7) is 5.25. The van der Waals surface area contributed by atoms with Gasteiger partial charge in [-0.1, -0.05) is 11.6 Å². The standard InChI is InChI=1S/C12H13ClN2O3/c1-12(2,3)18-11(17)15-10-6-8(14-7-16)4-5-9(10)13/h4-6H,1-3H3,(H,15,17). The van der Waals surface area contributed by atoms with Crippen LogP contribution in [-0.4, -0.2) is 17.8 Å². The maximum Gasteiger partial charge on any atom is 0.412 e. The summed E-state index contributed by atoms with van der Waals surface area (Å²) in [5.74, 6) is 0. The fourth-order valence-electron chi connectivity index (χ4n) is 1.14. The molecule has 0 heterocycles. The number of benzene rings is 1. The van der Waals surface area contributed by atoms with Crippen LogP contribution in [-0.2, 0) is 9.53 Å². The molecule has 0 atom stereocenters. The van der Waals surface area contributed by atoms with Gasteiger partial charge in [0.2, 0.25) is 6.08 Å². The van der Waals surface area contributed by atoms with Gasteiger partial charge in [0.1, 0.15) is 5.60 Å². The first kappa shape index (κ1) is 14.2. The molecule has 1 rings (SSSR count). The molecule has 0 aliphatic carbocycles. The number of aliphatic imine (C=N–C) groups is 1. The van der Waals surface area contributed by atoms with Crippen LogP contribution in [0.5, 0.6) is 0 Å². The molecule has 0 aliphatic heterocycles. The molecule has 0 aromatic heterocycles. The third kappa shape index (κ3) is 4.57. The van der Waals surface area contributed by atoms with E-state index in [0.717, 1.165) is 0 Å². The van der Waals surface area contributed by atoms with E-state index in [9.17, 15) is 9.59 Å². The van der Waals surface area contributed by atoms with Crippen molar-refractivity contribution in [2.75, 3.05) is 5.32 Å². The van der Waals surface area contributed by atoms with Gasteiger partial charge < -0.3 is 4.74 Å². The van der Waals surface area contributed by atoms with Crippen molar-refractivity contribution >= 4 is 35.1 Å². The molecule has 0 radical (unpaired) electrons. The number of anilines is 1. The second kappa shape index (κ2) is 5.67. The first-order valence-corrected chi connectivity index (χ1v) is 5.57. The molecule has 1 amide bonds. The maximum atomic E-state index is 11.5. The SMILES string of the molecule is CC(C)(C)OC(=O)Nc1cc(N=C=O)ccc1Cl. The molecular weight excluding hydrogens is 256 g/mol. The summed E-state index contributed by atoms with van der Waals surface area (Å²) < 4.78 is 5.08. The van der Waals surface area contributed by atoms with Crippen LogP contribution in [0.3, 0.4) is 0 Å². The van der Waals surface area contributed by atoms with Crippen molar-refractivity contribution in [3.05, 3.63) is 23.2 Å². The quantitative estimate of drug-likeness (QED) is 0.657. The molecule has 96 valence electrons.